The number of methoxy groups -OCH3 is 1. The number of aromatic nitrogens is 2. The van der Waals surface area contributed by atoms with Gasteiger partial charge in [0.2, 0.25) is 5.88 Å². The second-order valence-corrected chi connectivity index (χ2v) is 6.61. The minimum Gasteiger partial charge on any atom is -0.497 e. The van der Waals surface area contributed by atoms with E-state index < -0.39 is 0 Å². The zero-order chi connectivity index (χ0) is 20.6. The van der Waals surface area contributed by atoms with Gasteiger partial charge in [-0.3, -0.25) is 0 Å². The molecule has 0 spiro atoms. The summed E-state index contributed by atoms with van der Waals surface area (Å²) in [7, 11) is 1.62. The topological polar surface area (TPSA) is 85.4 Å². The molecule has 0 aliphatic carbocycles. The molecule has 1 aromatic heterocycles. The van der Waals surface area contributed by atoms with E-state index in [9.17, 15) is 4.79 Å². The van der Waals surface area contributed by atoms with Gasteiger partial charge in [0, 0.05) is 22.3 Å². The van der Waals surface area contributed by atoms with Crippen molar-refractivity contribution in [2.24, 2.45) is 0 Å². The highest BCUT2D eigenvalue weighted by Gasteiger charge is 2.06. The van der Waals surface area contributed by atoms with Gasteiger partial charge < -0.3 is 20.1 Å². The summed E-state index contributed by atoms with van der Waals surface area (Å²) in [5.41, 5.74) is 3.25. The first-order valence-corrected chi connectivity index (χ1v) is 9.35. The molecule has 7 nitrogen and oxygen atoms in total. The molecular weight excluding hydrogens is 392 g/mol. The number of hydrogen-bond donors (Lipinski definition) is 2. The molecule has 2 N–H and O–H groups in total. The fourth-order valence-corrected chi connectivity index (χ4v) is 2.70. The van der Waals surface area contributed by atoms with E-state index in [4.69, 9.17) is 21.1 Å². The lowest BCUT2D eigenvalue weighted by Crippen LogP contribution is -2.32. The first-order chi connectivity index (χ1) is 14.0. The van der Waals surface area contributed by atoms with Crippen molar-refractivity contribution in [3.05, 3.63) is 65.2 Å². The molecule has 0 aliphatic heterocycles. The highest BCUT2D eigenvalue weighted by atomic mass is 35.5. The number of halogens is 1. The van der Waals surface area contributed by atoms with Crippen LogP contribution in [0, 0.1) is 6.92 Å². The Balaban J connectivity index is 1.44. The number of amides is 2. The van der Waals surface area contributed by atoms with Crippen molar-refractivity contribution in [3.63, 3.8) is 0 Å². The maximum absolute atomic E-state index is 12.0. The van der Waals surface area contributed by atoms with E-state index in [1.165, 1.54) is 0 Å². The van der Waals surface area contributed by atoms with Crippen LogP contribution in [0.1, 0.15) is 5.56 Å². The monoisotopic (exact) mass is 412 g/mol. The van der Waals surface area contributed by atoms with Crippen LogP contribution in [0.3, 0.4) is 0 Å². The summed E-state index contributed by atoms with van der Waals surface area (Å²) in [4.78, 5) is 12.0. The van der Waals surface area contributed by atoms with E-state index in [-0.39, 0.29) is 12.6 Å². The fraction of sp³-hybridized carbons (Fsp3) is 0.190. The molecule has 8 heteroatoms. The number of nitrogens with one attached hydrogen (secondary N) is 2. The van der Waals surface area contributed by atoms with Gasteiger partial charge in [-0.2, -0.15) is 0 Å². The van der Waals surface area contributed by atoms with E-state index in [1.807, 2.05) is 43.3 Å². The molecule has 0 fully saturated rings. The summed E-state index contributed by atoms with van der Waals surface area (Å²) < 4.78 is 10.7. The molecule has 0 radical (unpaired) electrons. The quantitative estimate of drug-likeness (QED) is 0.564. The lowest BCUT2D eigenvalue weighted by molar-refractivity contribution is 0.246. The van der Waals surface area contributed by atoms with Crippen molar-refractivity contribution in [2.45, 2.75) is 6.92 Å². The predicted molar refractivity (Wildman–Crippen MR) is 113 cm³/mol. The number of anilines is 1. The molecule has 3 aromatic rings. The normalized spacial score (nSPS) is 10.3. The molecule has 1 heterocycles. The van der Waals surface area contributed by atoms with Crippen LogP contribution >= 0.6 is 11.6 Å². The van der Waals surface area contributed by atoms with Gasteiger partial charge in [-0.25, -0.2) is 4.79 Å². The Labute approximate surface area is 174 Å². The number of urea groups is 1. The smallest absolute Gasteiger partial charge is 0.319 e. The van der Waals surface area contributed by atoms with Gasteiger partial charge in [0.15, 0.2) is 0 Å². The fourth-order valence-electron chi connectivity index (χ4n) is 2.53. The number of nitrogens with zero attached hydrogens (tertiary/aromatic N) is 2. The average Bonchev–Trinajstić information content (AvgIpc) is 2.74. The van der Waals surface area contributed by atoms with Gasteiger partial charge in [-0.1, -0.05) is 17.7 Å². The number of hydrogen-bond acceptors (Lipinski definition) is 5. The first-order valence-electron chi connectivity index (χ1n) is 8.97. The van der Waals surface area contributed by atoms with Crippen LogP contribution in [0.25, 0.3) is 11.3 Å². The average molecular weight is 413 g/mol. The third-order valence-corrected chi connectivity index (χ3v) is 4.35. The molecule has 2 amide bonds. The maximum atomic E-state index is 12.0. The Hall–Kier alpha value is -3.32. The summed E-state index contributed by atoms with van der Waals surface area (Å²) >= 11 is 5.95. The highest BCUT2D eigenvalue weighted by molar-refractivity contribution is 6.31. The number of benzene rings is 2. The molecule has 0 saturated heterocycles. The molecule has 29 heavy (non-hydrogen) atoms. The van der Waals surface area contributed by atoms with Crippen molar-refractivity contribution in [3.8, 4) is 22.9 Å². The summed E-state index contributed by atoms with van der Waals surface area (Å²) in [6.45, 7) is 2.47. The molecule has 3 rings (SSSR count). The van der Waals surface area contributed by atoms with Gasteiger partial charge in [-0.05, 0) is 55.0 Å². The third kappa shape index (κ3) is 5.83. The van der Waals surface area contributed by atoms with Gasteiger partial charge in [-0.15, -0.1) is 10.2 Å². The summed E-state index contributed by atoms with van der Waals surface area (Å²) in [5.74, 6) is 1.17. The van der Waals surface area contributed by atoms with Crippen LogP contribution in [0.15, 0.2) is 54.6 Å². The zero-order valence-electron chi connectivity index (χ0n) is 16.1. The minimum absolute atomic E-state index is 0.262. The van der Waals surface area contributed by atoms with Crippen LogP contribution in [-0.4, -0.2) is 36.5 Å². The van der Waals surface area contributed by atoms with E-state index in [2.05, 4.69) is 20.8 Å². The van der Waals surface area contributed by atoms with Crippen LogP contribution in [0.2, 0.25) is 5.02 Å². The maximum Gasteiger partial charge on any atom is 0.319 e. The first kappa shape index (κ1) is 20.4. The Bertz CT molecular complexity index is 963. The van der Waals surface area contributed by atoms with E-state index in [1.54, 1.807) is 25.3 Å². The van der Waals surface area contributed by atoms with Crippen molar-refractivity contribution in [2.75, 3.05) is 25.6 Å². The second kappa shape index (κ2) is 9.75. The Morgan fingerprint density at radius 2 is 1.86 bits per heavy atom. The molecule has 0 unspecified atom stereocenters. The van der Waals surface area contributed by atoms with Crippen molar-refractivity contribution >= 4 is 23.3 Å². The van der Waals surface area contributed by atoms with Crippen molar-refractivity contribution in [1.29, 1.82) is 0 Å². The summed E-state index contributed by atoms with van der Waals surface area (Å²) in [5, 5.41) is 14.3. The molecule has 0 saturated carbocycles. The lowest BCUT2D eigenvalue weighted by atomic mass is 10.1. The molecule has 0 aliphatic rings. The zero-order valence-corrected chi connectivity index (χ0v) is 16.9. The molecule has 0 bridgehead atoms. The molecular formula is C21H21ClN4O3. The second-order valence-electron chi connectivity index (χ2n) is 6.17. The Kier molecular flexibility index (Phi) is 6.86. The SMILES string of the molecule is COc1ccc(-c2ccc(OCCNC(=O)Nc3cc(Cl)ccc3C)nn2)cc1. The molecule has 0 atom stereocenters. The van der Waals surface area contributed by atoms with E-state index >= 15 is 0 Å². The number of carbonyl (C=O) groups is 1. The largest absolute Gasteiger partial charge is 0.497 e. The van der Waals surface area contributed by atoms with Gasteiger partial charge >= 0.3 is 6.03 Å². The Morgan fingerprint density at radius 1 is 1.07 bits per heavy atom. The number of rotatable bonds is 7. The van der Waals surface area contributed by atoms with Gasteiger partial charge in [0.05, 0.1) is 19.3 Å². The van der Waals surface area contributed by atoms with Crippen molar-refractivity contribution < 1.29 is 14.3 Å². The van der Waals surface area contributed by atoms with Crippen molar-refractivity contribution in [1.82, 2.24) is 15.5 Å². The van der Waals surface area contributed by atoms with Gasteiger partial charge in [0.25, 0.3) is 0 Å². The summed E-state index contributed by atoms with van der Waals surface area (Å²) in [6, 6.07) is 16.1. The highest BCUT2D eigenvalue weighted by Crippen LogP contribution is 2.21. The lowest BCUT2D eigenvalue weighted by Gasteiger charge is -2.10. The van der Waals surface area contributed by atoms with Crippen LogP contribution < -0.4 is 20.1 Å². The number of carbonyl (C=O) groups excluding carboxylic acids is 1. The molecule has 150 valence electrons. The number of ether oxygens (including phenoxy) is 2. The van der Waals surface area contributed by atoms with Crippen LogP contribution in [0.4, 0.5) is 10.5 Å². The third-order valence-electron chi connectivity index (χ3n) is 4.11. The van der Waals surface area contributed by atoms with E-state index in [0.717, 1.165) is 22.6 Å². The van der Waals surface area contributed by atoms with Crippen LogP contribution in [0.5, 0.6) is 11.6 Å². The standard InChI is InChI=1S/C21H21ClN4O3/c1-14-3-6-16(22)13-19(14)24-21(27)23-11-12-29-20-10-9-18(25-26-20)15-4-7-17(28-2)8-5-15/h3-10,13H,11-12H2,1-2H3,(H2,23,24,27). The summed E-state index contributed by atoms with van der Waals surface area (Å²) in [6.07, 6.45) is 0. The molecule has 2 aromatic carbocycles. The van der Waals surface area contributed by atoms with E-state index in [0.29, 0.717) is 23.1 Å². The Morgan fingerprint density at radius 3 is 2.55 bits per heavy atom. The van der Waals surface area contributed by atoms with Gasteiger partial charge in [0.1, 0.15) is 12.4 Å². The number of aryl methyl sites for hydroxylation is 1. The predicted octanol–water partition coefficient (Wildman–Crippen LogP) is 4.31. The minimum atomic E-state index is -0.333. The van der Waals surface area contributed by atoms with Crippen LogP contribution in [-0.2, 0) is 0 Å².